The number of rotatable bonds is 5. The molecule has 1 aliphatic heterocycles. The van der Waals surface area contributed by atoms with Gasteiger partial charge in [0.1, 0.15) is 5.75 Å². The van der Waals surface area contributed by atoms with E-state index in [1.54, 1.807) is 18.9 Å². The zero-order chi connectivity index (χ0) is 17.8. The standard InChI is InChI=1S/C20H24N2O2S/c1-21(2)12-13-22-17-9-5-7-11-19(17)25-14-16(20(22)23)15-8-4-6-10-18(15)24-3/h4-11,16H,12-14H2,1-3H3. The quantitative estimate of drug-likeness (QED) is 0.821. The first-order chi connectivity index (χ1) is 12.1. The lowest BCUT2D eigenvalue weighted by Gasteiger charge is -2.27. The maximum absolute atomic E-state index is 13.4. The molecule has 4 nitrogen and oxygen atoms in total. The molecule has 0 aliphatic carbocycles. The minimum absolute atomic E-state index is 0.142. The van der Waals surface area contributed by atoms with Crippen molar-refractivity contribution in [1.82, 2.24) is 4.90 Å². The Morgan fingerprint density at radius 1 is 1.16 bits per heavy atom. The van der Waals surface area contributed by atoms with Crippen molar-refractivity contribution in [3.8, 4) is 5.75 Å². The molecule has 0 aromatic heterocycles. The van der Waals surface area contributed by atoms with Gasteiger partial charge in [0.05, 0.1) is 18.7 Å². The van der Waals surface area contributed by atoms with Crippen LogP contribution in [0.3, 0.4) is 0 Å². The molecular weight excluding hydrogens is 332 g/mol. The van der Waals surface area contributed by atoms with Gasteiger partial charge in [-0.05, 0) is 32.3 Å². The smallest absolute Gasteiger partial charge is 0.235 e. The maximum atomic E-state index is 13.4. The van der Waals surface area contributed by atoms with E-state index in [1.165, 1.54) is 0 Å². The van der Waals surface area contributed by atoms with E-state index in [1.807, 2.05) is 61.5 Å². The second-order valence-electron chi connectivity index (χ2n) is 6.37. The third-order valence-electron chi connectivity index (χ3n) is 4.41. The average Bonchev–Trinajstić information content (AvgIpc) is 2.76. The lowest BCUT2D eigenvalue weighted by Crippen LogP contribution is -2.39. The second kappa shape index (κ2) is 7.93. The molecule has 2 aromatic rings. The van der Waals surface area contributed by atoms with E-state index < -0.39 is 0 Å². The van der Waals surface area contributed by atoms with Crippen LogP contribution in [0.5, 0.6) is 5.75 Å². The van der Waals surface area contributed by atoms with Crippen molar-refractivity contribution in [3.05, 3.63) is 54.1 Å². The molecule has 1 aliphatic rings. The van der Waals surface area contributed by atoms with Crippen molar-refractivity contribution in [2.45, 2.75) is 10.8 Å². The molecule has 1 heterocycles. The number of methoxy groups -OCH3 is 1. The highest BCUT2D eigenvalue weighted by Crippen LogP contribution is 2.40. The number of likely N-dealkylation sites (N-methyl/N-ethyl adjacent to an activating group) is 1. The minimum Gasteiger partial charge on any atom is -0.496 e. The van der Waals surface area contributed by atoms with E-state index in [2.05, 4.69) is 11.0 Å². The van der Waals surface area contributed by atoms with Crippen LogP contribution in [0.1, 0.15) is 11.5 Å². The normalized spacial score (nSPS) is 17.4. The Morgan fingerprint density at radius 3 is 2.64 bits per heavy atom. The predicted molar refractivity (Wildman–Crippen MR) is 104 cm³/mol. The Morgan fingerprint density at radius 2 is 1.88 bits per heavy atom. The number of hydrogen-bond acceptors (Lipinski definition) is 4. The molecule has 5 heteroatoms. The number of anilines is 1. The summed E-state index contributed by atoms with van der Waals surface area (Å²) in [6, 6.07) is 16.0. The van der Waals surface area contributed by atoms with Crippen LogP contribution in [0, 0.1) is 0 Å². The Kier molecular flexibility index (Phi) is 5.66. The van der Waals surface area contributed by atoms with Gasteiger partial charge in [-0.15, -0.1) is 11.8 Å². The SMILES string of the molecule is COc1ccccc1C1CSc2ccccc2N(CCN(C)C)C1=O. The van der Waals surface area contributed by atoms with Crippen LogP contribution in [0.15, 0.2) is 53.4 Å². The first-order valence-electron chi connectivity index (χ1n) is 8.42. The summed E-state index contributed by atoms with van der Waals surface area (Å²) in [5, 5.41) is 0. The van der Waals surface area contributed by atoms with Gasteiger partial charge in [-0.2, -0.15) is 0 Å². The number of benzene rings is 2. The van der Waals surface area contributed by atoms with Gasteiger partial charge in [-0.3, -0.25) is 4.79 Å². The van der Waals surface area contributed by atoms with Crippen molar-refractivity contribution in [1.29, 1.82) is 0 Å². The lowest BCUT2D eigenvalue weighted by molar-refractivity contribution is -0.119. The number of nitrogens with zero attached hydrogens (tertiary/aromatic N) is 2. The van der Waals surface area contributed by atoms with E-state index in [9.17, 15) is 4.79 Å². The zero-order valence-corrected chi connectivity index (χ0v) is 15.8. The molecular formula is C20H24N2O2S. The van der Waals surface area contributed by atoms with E-state index in [0.29, 0.717) is 12.3 Å². The second-order valence-corrected chi connectivity index (χ2v) is 7.43. The Bertz CT molecular complexity index is 748. The van der Waals surface area contributed by atoms with Crippen LogP contribution >= 0.6 is 11.8 Å². The Hall–Kier alpha value is -1.98. The van der Waals surface area contributed by atoms with Gasteiger partial charge in [0.2, 0.25) is 5.91 Å². The summed E-state index contributed by atoms with van der Waals surface area (Å²) in [7, 11) is 5.72. The van der Waals surface area contributed by atoms with Crippen molar-refractivity contribution < 1.29 is 9.53 Å². The highest BCUT2D eigenvalue weighted by molar-refractivity contribution is 7.99. The summed E-state index contributed by atoms with van der Waals surface area (Å²) in [6.07, 6.45) is 0. The summed E-state index contributed by atoms with van der Waals surface area (Å²) in [5.74, 6) is 1.42. The molecule has 0 spiro atoms. The molecule has 1 atom stereocenters. The third-order valence-corrected chi connectivity index (χ3v) is 5.57. The molecule has 0 bridgehead atoms. The monoisotopic (exact) mass is 356 g/mol. The first kappa shape index (κ1) is 17.8. The van der Waals surface area contributed by atoms with Crippen LogP contribution in [0.2, 0.25) is 0 Å². The van der Waals surface area contributed by atoms with Crippen molar-refractivity contribution in [2.24, 2.45) is 0 Å². The molecule has 0 N–H and O–H groups in total. The van der Waals surface area contributed by atoms with Gasteiger partial charge in [0.25, 0.3) is 0 Å². The molecule has 0 fully saturated rings. The van der Waals surface area contributed by atoms with Crippen LogP contribution in [0.25, 0.3) is 0 Å². The van der Waals surface area contributed by atoms with Crippen LogP contribution < -0.4 is 9.64 Å². The van der Waals surface area contributed by atoms with E-state index in [-0.39, 0.29) is 11.8 Å². The van der Waals surface area contributed by atoms with E-state index in [4.69, 9.17) is 4.74 Å². The summed E-state index contributed by atoms with van der Waals surface area (Å²) < 4.78 is 5.51. The number of ether oxygens (including phenoxy) is 1. The molecule has 132 valence electrons. The van der Waals surface area contributed by atoms with Crippen LogP contribution in [-0.2, 0) is 4.79 Å². The fourth-order valence-electron chi connectivity index (χ4n) is 3.06. The summed E-state index contributed by atoms with van der Waals surface area (Å²) >= 11 is 1.74. The molecule has 0 radical (unpaired) electrons. The summed E-state index contributed by atoms with van der Waals surface area (Å²) in [4.78, 5) is 18.6. The van der Waals surface area contributed by atoms with Gasteiger partial charge >= 0.3 is 0 Å². The topological polar surface area (TPSA) is 32.8 Å². The van der Waals surface area contributed by atoms with Crippen molar-refractivity contribution in [3.63, 3.8) is 0 Å². The number of para-hydroxylation sites is 2. The summed E-state index contributed by atoms with van der Waals surface area (Å²) in [5.41, 5.74) is 1.97. The zero-order valence-electron chi connectivity index (χ0n) is 14.9. The number of carbonyl (C=O) groups excluding carboxylic acids is 1. The third kappa shape index (κ3) is 3.83. The number of thioether (sulfide) groups is 1. The largest absolute Gasteiger partial charge is 0.496 e. The summed E-state index contributed by atoms with van der Waals surface area (Å²) in [6.45, 7) is 1.50. The number of amides is 1. The molecule has 25 heavy (non-hydrogen) atoms. The van der Waals surface area contributed by atoms with Crippen LogP contribution in [-0.4, -0.2) is 50.9 Å². The maximum Gasteiger partial charge on any atom is 0.235 e. The fourth-order valence-corrected chi connectivity index (χ4v) is 4.23. The van der Waals surface area contributed by atoms with Gasteiger partial charge in [-0.25, -0.2) is 0 Å². The van der Waals surface area contributed by atoms with Crippen LogP contribution in [0.4, 0.5) is 5.69 Å². The molecule has 0 saturated carbocycles. The molecule has 1 unspecified atom stereocenters. The van der Waals surface area contributed by atoms with E-state index >= 15 is 0 Å². The molecule has 1 amide bonds. The highest BCUT2D eigenvalue weighted by Gasteiger charge is 2.33. The highest BCUT2D eigenvalue weighted by atomic mass is 32.2. The van der Waals surface area contributed by atoms with Crippen molar-refractivity contribution in [2.75, 3.05) is 44.9 Å². The number of carbonyl (C=O) groups is 1. The van der Waals surface area contributed by atoms with Gasteiger partial charge < -0.3 is 14.5 Å². The lowest BCUT2D eigenvalue weighted by atomic mass is 9.98. The van der Waals surface area contributed by atoms with Crippen molar-refractivity contribution >= 4 is 23.4 Å². The molecule has 2 aromatic carbocycles. The Balaban J connectivity index is 2.00. The molecule has 3 rings (SSSR count). The minimum atomic E-state index is -0.212. The number of hydrogen-bond donors (Lipinski definition) is 0. The molecule has 0 saturated heterocycles. The first-order valence-corrected chi connectivity index (χ1v) is 9.41. The average molecular weight is 356 g/mol. The van der Waals surface area contributed by atoms with E-state index in [0.717, 1.165) is 28.4 Å². The number of fused-ring (bicyclic) bond motifs is 1. The fraction of sp³-hybridized carbons (Fsp3) is 0.350. The van der Waals surface area contributed by atoms with Gasteiger partial charge in [-0.1, -0.05) is 30.3 Å². The predicted octanol–water partition coefficient (Wildman–Crippen LogP) is 3.48. The van der Waals surface area contributed by atoms with Gasteiger partial charge in [0.15, 0.2) is 0 Å². The Labute approximate surface area is 153 Å². The van der Waals surface area contributed by atoms with Gasteiger partial charge in [0, 0.05) is 29.3 Å².